The van der Waals surface area contributed by atoms with E-state index < -0.39 is 0 Å². The molecule has 84 valence electrons. The Bertz CT molecular complexity index is 250. The third kappa shape index (κ3) is 2.39. The highest BCUT2D eigenvalue weighted by Gasteiger charge is 2.31. The van der Waals surface area contributed by atoms with Crippen LogP contribution in [0, 0.1) is 5.92 Å². The Balaban J connectivity index is 1.90. The van der Waals surface area contributed by atoms with Gasteiger partial charge in [0, 0.05) is 19.0 Å². The maximum atomic E-state index is 11.9. The summed E-state index contributed by atoms with van der Waals surface area (Å²) in [4.78, 5) is 25.4. The monoisotopic (exact) mass is 209 g/mol. The summed E-state index contributed by atoms with van der Waals surface area (Å²) < 4.78 is 0. The lowest BCUT2D eigenvalue weighted by atomic mass is 9.86. The summed E-state index contributed by atoms with van der Waals surface area (Å²) >= 11 is 0. The van der Waals surface area contributed by atoms with Crippen LogP contribution in [0.5, 0.6) is 0 Å². The minimum atomic E-state index is -0.209. The van der Waals surface area contributed by atoms with Crippen LogP contribution in [0.2, 0.25) is 0 Å². The molecule has 0 spiro atoms. The number of carbonyl (C=O) groups is 2. The van der Waals surface area contributed by atoms with E-state index in [9.17, 15) is 9.59 Å². The van der Waals surface area contributed by atoms with E-state index in [1.165, 1.54) is 6.42 Å². The van der Waals surface area contributed by atoms with Crippen LogP contribution in [-0.4, -0.2) is 29.7 Å². The fraction of sp³-hybridized carbons (Fsp3) is 0.833. The third-order valence-electron chi connectivity index (χ3n) is 3.58. The van der Waals surface area contributed by atoms with E-state index in [4.69, 9.17) is 0 Å². The second kappa shape index (κ2) is 4.77. The van der Waals surface area contributed by atoms with Crippen LogP contribution in [0.4, 0.5) is 0 Å². The first-order valence-corrected chi connectivity index (χ1v) is 6.12. The predicted molar refractivity (Wildman–Crippen MR) is 57.4 cm³/mol. The van der Waals surface area contributed by atoms with Crippen molar-refractivity contribution in [1.82, 2.24) is 4.90 Å². The molecule has 2 aliphatic rings. The second-order valence-corrected chi connectivity index (χ2v) is 4.70. The summed E-state index contributed by atoms with van der Waals surface area (Å²) in [5, 5.41) is 0. The number of carbonyl (C=O) groups excluding carboxylic acids is 2. The summed E-state index contributed by atoms with van der Waals surface area (Å²) in [6, 6.07) is 0. The number of amides is 1. The highest BCUT2D eigenvalue weighted by Crippen LogP contribution is 2.25. The Morgan fingerprint density at radius 3 is 2.07 bits per heavy atom. The van der Waals surface area contributed by atoms with E-state index >= 15 is 0 Å². The summed E-state index contributed by atoms with van der Waals surface area (Å²) in [6.07, 6.45) is 7.43. The smallest absolute Gasteiger partial charge is 0.290 e. The molecule has 1 aliphatic carbocycles. The molecule has 3 heteroatoms. The molecule has 0 N–H and O–H groups in total. The first kappa shape index (κ1) is 10.7. The quantitative estimate of drug-likeness (QED) is 0.650. The van der Waals surface area contributed by atoms with Gasteiger partial charge in [0.2, 0.25) is 5.78 Å². The zero-order valence-corrected chi connectivity index (χ0v) is 9.21. The number of likely N-dealkylation sites (tertiary alicyclic amines) is 1. The van der Waals surface area contributed by atoms with Crippen molar-refractivity contribution in [3.05, 3.63) is 0 Å². The van der Waals surface area contributed by atoms with Gasteiger partial charge < -0.3 is 4.90 Å². The van der Waals surface area contributed by atoms with Gasteiger partial charge in [0.15, 0.2) is 0 Å². The van der Waals surface area contributed by atoms with Gasteiger partial charge in [0.25, 0.3) is 5.91 Å². The number of rotatable bonds is 2. The van der Waals surface area contributed by atoms with E-state index in [0.29, 0.717) is 0 Å². The zero-order chi connectivity index (χ0) is 10.7. The van der Waals surface area contributed by atoms with E-state index in [1.807, 2.05) is 0 Å². The molecule has 0 unspecified atom stereocenters. The van der Waals surface area contributed by atoms with Crippen LogP contribution < -0.4 is 0 Å². The third-order valence-corrected chi connectivity index (χ3v) is 3.58. The van der Waals surface area contributed by atoms with Crippen molar-refractivity contribution >= 4 is 11.7 Å². The van der Waals surface area contributed by atoms with Crippen molar-refractivity contribution in [1.29, 1.82) is 0 Å². The molecule has 2 rings (SSSR count). The van der Waals surface area contributed by atoms with Crippen LogP contribution in [0.1, 0.15) is 44.9 Å². The summed E-state index contributed by atoms with van der Waals surface area (Å²) in [5.41, 5.74) is 0. The van der Waals surface area contributed by atoms with E-state index in [-0.39, 0.29) is 17.6 Å². The molecule has 1 aliphatic heterocycles. The summed E-state index contributed by atoms with van der Waals surface area (Å²) in [6.45, 7) is 1.58. The molecule has 0 bridgehead atoms. The molecule has 0 radical (unpaired) electrons. The van der Waals surface area contributed by atoms with Gasteiger partial charge in [-0.1, -0.05) is 19.3 Å². The van der Waals surface area contributed by atoms with Gasteiger partial charge in [-0.05, 0) is 25.7 Å². The molecule has 0 aromatic carbocycles. The van der Waals surface area contributed by atoms with Gasteiger partial charge in [-0.15, -0.1) is 0 Å². The molecular weight excluding hydrogens is 190 g/mol. The van der Waals surface area contributed by atoms with E-state index in [1.54, 1.807) is 4.90 Å². The van der Waals surface area contributed by atoms with Crippen LogP contribution >= 0.6 is 0 Å². The van der Waals surface area contributed by atoms with Crippen molar-refractivity contribution in [3.8, 4) is 0 Å². The molecular formula is C12H19NO2. The molecule has 3 nitrogen and oxygen atoms in total. The molecule has 2 fully saturated rings. The lowest BCUT2D eigenvalue weighted by Gasteiger charge is -2.22. The average Bonchev–Trinajstić information content (AvgIpc) is 2.82. The second-order valence-electron chi connectivity index (χ2n) is 4.70. The van der Waals surface area contributed by atoms with Gasteiger partial charge in [-0.3, -0.25) is 9.59 Å². The molecule has 1 saturated carbocycles. The number of Topliss-reactive ketones (excluding diaryl/α,β-unsaturated/α-hetero) is 1. The van der Waals surface area contributed by atoms with Gasteiger partial charge in [-0.2, -0.15) is 0 Å². The van der Waals surface area contributed by atoms with E-state index in [2.05, 4.69) is 0 Å². The standard InChI is InChI=1S/C12H19NO2/c14-11(10-6-2-1-3-7-10)12(15)13-8-4-5-9-13/h10H,1-9H2. The highest BCUT2D eigenvalue weighted by atomic mass is 16.2. The van der Waals surface area contributed by atoms with Crippen molar-refractivity contribution in [2.75, 3.05) is 13.1 Å². The predicted octanol–water partition coefficient (Wildman–Crippen LogP) is 1.76. The normalized spacial score (nSPS) is 23.1. The first-order chi connectivity index (χ1) is 7.29. The van der Waals surface area contributed by atoms with Gasteiger partial charge >= 0.3 is 0 Å². The molecule has 0 aromatic rings. The van der Waals surface area contributed by atoms with Gasteiger partial charge in [0.05, 0.1) is 0 Å². The number of nitrogens with zero attached hydrogens (tertiary/aromatic N) is 1. The fourth-order valence-corrected chi connectivity index (χ4v) is 2.62. The zero-order valence-electron chi connectivity index (χ0n) is 9.21. The van der Waals surface area contributed by atoms with Gasteiger partial charge in [0.1, 0.15) is 0 Å². The minimum absolute atomic E-state index is 0.0341. The van der Waals surface area contributed by atoms with Crippen LogP contribution in [0.15, 0.2) is 0 Å². The Morgan fingerprint density at radius 1 is 0.867 bits per heavy atom. The number of hydrogen-bond donors (Lipinski definition) is 0. The highest BCUT2D eigenvalue weighted by molar-refractivity contribution is 6.36. The van der Waals surface area contributed by atoms with Crippen molar-refractivity contribution < 1.29 is 9.59 Å². The van der Waals surface area contributed by atoms with Crippen molar-refractivity contribution in [2.45, 2.75) is 44.9 Å². The van der Waals surface area contributed by atoms with Crippen molar-refractivity contribution in [3.63, 3.8) is 0 Å². The van der Waals surface area contributed by atoms with Crippen LogP contribution in [0.25, 0.3) is 0 Å². The minimum Gasteiger partial charge on any atom is -0.336 e. The van der Waals surface area contributed by atoms with E-state index in [0.717, 1.165) is 51.6 Å². The maximum Gasteiger partial charge on any atom is 0.290 e. The van der Waals surface area contributed by atoms with Crippen LogP contribution in [-0.2, 0) is 9.59 Å². The molecule has 15 heavy (non-hydrogen) atoms. The maximum absolute atomic E-state index is 11.9. The molecule has 1 amide bonds. The topological polar surface area (TPSA) is 37.4 Å². The largest absolute Gasteiger partial charge is 0.336 e. The number of ketones is 1. The van der Waals surface area contributed by atoms with Gasteiger partial charge in [-0.25, -0.2) is 0 Å². The SMILES string of the molecule is O=C(C(=O)N1CCCC1)C1CCCCC1. The van der Waals surface area contributed by atoms with Crippen molar-refractivity contribution in [2.24, 2.45) is 5.92 Å². The summed E-state index contributed by atoms with van der Waals surface area (Å²) in [7, 11) is 0. The average molecular weight is 209 g/mol. The first-order valence-electron chi connectivity index (χ1n) is 6.12. The molecule has 1 heterocycles. The lowest BCUT2D eigenvalue weighted by molar-refractivity contribution is -0.146. The molecule has 0 atom stereocenters. The summed E-state index contributed by atoms with van der Waals surface area (Å²) in [5.74, 6) is -0.289. The Hall–Kier alpha value is -0.860. The lowest BCUT2D eigenvalue weighted by Crippen LogP contribution is -2.38. The number of hydrogen-bond acceptors (Lipinski definition) is 2. The van der Waals surface area contributed by atoms with Crippen LogP contribution in [0.3, 0.4) is 0 Å². The molecule has 1 saturated heterocycles. The Labute approximate surface area is 90.8 Å². The Kier molecular flexibility index (Phi) is 3.39. The fourth-order valence-electron chi connectivity index (χ4n) is 2.62. The Morgan fingerprint density at radius 2 is 1.47 bits per heavy atom. The molecule has 0 aromatic heterocycles.